The molecule has 4 aromatic rings. The molecule has 0 unspecified atom stereocenters. The van der Waals surface area contributed by atoms with Gasteiger partial charge in [0.15, 0.2) is 5.82 Å². The number of nitrogens with one attached hydrogen (secondary N) is 2. The maximum atomic E-state index is 6.23. The maximum Gasteiger partial charge on any atom is 0.150 e. The van der Waals surface area contributed by atoms with Crippen LogP contribution < -0.4 is 10.6 Å². The highest BCUT2D eigenvalue weighted by molar-refractivity contribution is 7.80. The van der Waals surface area contributed by atoms with Gasteiger partial charge in [0.05, 0.1) is 6.54 Å². The van der Waals surface area contributed by atoms with Crippen LogP contribution in [0, 0.1) is 6.92 Å². The first-order valence-corrected chi connectivity index (χ1v) is 13.2. The summed E-state index contributed by atoms with van der Waals surface area (Å²) in [4.78, 5) is 0.744. The third-order valence-corrected chi connectivity index (χ3v) is 7.47. The predicted octanol–water partition coefficient (Wildman–Crippen LogP) is 6.78. The number of halogens is 1. The van der Waals surface area contributed by atoms with E-state index in [2.05, 4.69) is 76.9 Å². The number of anilines is 1. The number of thiocarbonyl (C=S) groups is 1. The van der Waals surface area contributed by atoms with Crippen molar-refractivity contribution in [3.8, 4) is 11.1 Å². The van der Waals surface area contributed by atoms with Gasteiger partial charge in [0.1, 0.15) is 16.3 Å². The quantitative estimate of drug-likeness (QED) is 0.272. The monoisotopic (exact) mass is 505 g/mol. The molecule has 3 heterocycles. The van der Waals surface area contributed by atoms with Gasteiger partial charge >= 0.3 is 0 Å². The molecule has 0 bridgehead atoms. The zero-order valence-corrected chi connectivity index (χ0v) is 22.1. The molecule has 0 radical (unpaired) electrons. The van der Waals surface area contributed by atoms with Gasteiger partial charge < -0.3 is 15.2 Å². The van der Waals surface area contributed by atoms with Crippen molar-refractivity contribution in [3.05, 3.63) is 76.2 Å². The minimum atomic E-state index is 0.284. The summed E-state index contributed by atoms with van der Waals surface area (Å²) in [5, 5.41) is 13.0. The molecule has 2 N–H and O–H groups in total. The molecule has 1 atom stereocenters. The molecule has 0 saturated heterocycles. The molecule has 0 saturated carbocycles. The first-order valence-electron chi connectivity index (χ1n) is 12.5. The fraction of sp³-hybridized carbons (Fsp3) is 0.357. The smallest absolute Gasteiger partial charge is 0.150 e. The summed E-state index contributed by atoms with van der Waals surface area (Å²) in [6.07, 6.45) is 4.27. The van der Waals surface area contributed by atoms with Crippen molar-refractivity contribution in [3.63, 3.8) is 0 Å². The highest BCUT2D eigenvalue weighted by Crippen LogP contribution is 2.37. The highest BCUT2D eigenvalue weighted by Gasteiger charge is 2.29. The molecule has 5 rings (SSSR count). The lowest BCUT2D eigenvalue weighted by Gasteiger charge is -2.15. The van der Waals surface area contributed by atoms with Gasteiger partial charge in [-0.15, -0.1) is 0 Å². The van der Waals surface area contributed by atoms with E-state index in [4.69, 9.17) is 28.9 Å². The summed E-state index contributed by atoms with van der Waals surface area (Å²) >= 11 is 12.2. The van der Waals surface area contributed by atoms with Gasteiger partial charge in [-0.3, -0.25) is 0 Å². The molecule has 0 spiro atoms. The summed E-state index contributed by atoms with van der Waals surface area (Å²) in [5.74, 6) is 1.03. The van der Waals surface area contributed by atoms with E-state index < -0.39 is 0 Å². The lowest BCUT2D eigenvalue weighted by atomic mass is 9.98. The van der Waals surface area contributed by atoms with Crippen molar-refractivity contribution in [2.24, 2.45) is 0 Å². The Hall–Kier alpha value is -2.83. The third-order valence-electron chi connectivity index (χ3n) is 6.90. The highest BCUT2D eigenvalue weighted by atomic mass is 35.5. The topological polar surface area (TPSA) is 46.3 Å². The number of hydrogen-bond donors (Lipinski definition) is 2. The lowest BCUT2D eigenvalue weighted by Crippen LogP contribution is -2.32. The van der Waals surface area contributed by atoms with Crippen LogP contribution in [0.1, 0.15) is 55.8 Å². The second kappa shape index (κ2) is 10.0. The maximum absolute atomic E-state index is 6.23. The minimum Gasteiger partial charge on any atom is -0.378 e. The fourth-order valence-corrected chi connectivity index (χ4v) is 5.33. The van der Waals surface area contributed by atoms with Crippen LogP contribution in [-0.4, -0.2) is 25.2 Å². The number of nitrogens with zero attached hydrogens (tertiary/aromatic N) is 3. The molecular weight excluding hydrogens is 474 g/mol. The Kier molecular flexibility index (Phi) is 6.85. The largest absolute Gasteiger partial charge is 0.378 e. The molecule has 0 amide bonds. The molecule has 5 nitrogen and oxygen atoms in total. The van der Waals surface area contributed by atoms with Gasteiger partial charge in [0, 0.05) is 34.4 Å². The van der Waals surface area contributed by atoms with E-state index in [0.29, 0.717) is 6.54 Å². The van der Waals surface area contributed by atoms with Crippen molar-refractivity contribution < 1.29 is 0 Å². The second-order valence-corrected chi connectivity index (χ2v) is 10.3. The van der Waals surface area contributed by atoms with E-state index in [-0.39, 0.29) is 6.04 Å². The van der Waals surface area contributed by atoms with Crippen LogP contribution in [0.3, 0.4) is 0 Å². The Bertz CT molecular complexity index is 1350. The van der Waals surface area contributed by atoms with Crippen LogP contribution in [0.2, 0.25) is 5.02 Å². The Morgan fingerprint density at radius 3 is 2.57 bits per heavy atom. The molecule has 1 aliphatic heterocycles. The van der Waals surface area contributed by atoms with Gasteiger partial charge in [-0.1, -0.05) is 60.6 Å². The van der Waals surface area contributed by atoms with Gasteiger partial charge in [-0.05, 0) is 69.4 Å². The van der Waals surface area contributed by atoms with Crippen LogP contribution in [0.15, 0.2) is 48.5 Å². The number of aromatic nitrogens is 3. The molecule has 182 valence electrons. The van der Waals surface area contributed by atoms with Crippen LogP contribution in [-0.2, 0) is 19.5 Å². The average molecular weight is 506 g/mol. The minimum absolute atomic E-state index is 0.284. The van der Waals surface area contributed by atoms with Crippen molar-refractivity contribution in [2.75, 3.05) is 5.32 Å². The lowest BCUT2D eigenvalue weighted by molar-refractivity contribution is 0.619. The summed E-state index contributed by atoms with van der Waals surface area (Å²) in [5.41, 5.74) is 8.12. The van der Waals surface area contributed by atoms with Crippen molar-refractivity contribution >= 4 is 40.1 Å². The molecule has 1 aliphatic rings. The number of aryl methyl sites for hydroxylation is 3. The third kappa shape index (κ3) is 4.69. The Morgan fingerprint density at radius 2 is 1.86 bits per heavy atom. The second-order valence-electron chi connectivity index (χ2n) is 9.47. The molecule has 35 heavy (non-hydrogen) atoms. The molecule has 2 aromatic heterocycles. The number of benzene rings is 2. The molecule has 7 heteroatoms. The average Bonchev–Trinajstić information content (AvgIpc) is 3.25. The van der Waals surface area contributed by atoms with Gasteiger partial charge in [-0.2, -0.15) is 5.10 Å². The van der Waals surface area contributed by atoms with Gasteiger partial charge in [0.2, 0.25) is 0 Å². The molecule has 0 aliphatic carbocycles. The van der Waals surface area contributed by atoms with Crippen LogP contribution in [0.4, 0.5) is 5.69 Å². The van der Waals surface area contributed by atoms with E-state index in [0.717, 1.165) is 70.7 Å². The van der Waals surface area contributed by atoms with Gasteiger partial charge in [0.25, 0.3) is 0 Å². The SMILES string of the molecule is CC[C@@H](C)NC(=S)c1c(-c2ccc(Cl)cc2)c2c3n(c(CNc4ccc(C)cc4)nn13)CCCC2. The number of rotatable bonds is 7. The van der Waals surface area contributed by atoms with E-state index in [1.807, 2.05) is 12.1 Å². The van der Waals surface area contributed by atoms with Crippen LogP contribution in [0.5, 0.6) is 0 Å². The summed E-state index contributed by atoms with van der Waals surface area (Å²) < 4.78 is 4.48. The van der Waals surface area contributed by atoms with Crippen molar-refractivity contribution in [2.45, 2.75) is 65.6 Å². The zero-order valence-electron chi connectivity index (χ0n) is 20.6. The standard InChI is InChI=1S/C28H32ClN5S/c1-4-19(3)31-27(35)26-25(20-10-12-21(29)13-11-20)23-7-5-6-16-33-24(32-34(26)28(23)33)17-30-22-14-8-18(2)9-15-22/h8-15,19,30H,4-7,16-17H2,1-3H3,(H,31,35)/t19-/m1/s1. The first-order chi connectivity index (χ1) is 17.0. The number of hydrogen-bond acceptors (Lipinski definition) is 3. The van der Waals surface area contributed by atoms with E-state index >= 15 is 0 Å². The van der Waals surface area contributed by atoms with E-state index in [1.54, 1.807) is 0 Å². The normalized spacial score (nSPS) is 14.1. The fourth-order valence-electron chi connectivity index (χ4n) is 4.82. The summed E-state index contributed by atoms with van der Waals surface area (Å²) in [6.45, 7) is 8.05. The Morgan fingerprint density at radius 1 is 1.11 bits per heavy atom. The van der Waals surface area contributed by atoms with Crippen molar-refractivity contribution in [1.29, 1.82) is 0 Å². The van der Waals surface area contributed by atoms with E-state index in [1.165, 1.54) is 16.7 Å². The molecule has 0 fully saturated rings. The summed E-state index contributed by atoms with van der Waals surface area (Å²) in [7, 11) is 0. The van der Waals surface area contributed by atoms with Gasteiger partial charge in [-0.25, -0.2) is 4.52 Å². The Labute approximate surface area is 217 Å². The predicted molar refractivity (Wildman–Crippen MR) is 150 cm³/mol. The first kappa shape index (κ1) is 23.9. The van der Waals surface area contributed by atoms with Crippen LogP contribution >= 0.6 is 23.8 Å². The Balaban J connectivity index is 1.64. The molecule has 2 aromatic carbocycles. The molecular formula is C28H32ClN5S. The zero-order chi connectivity index (χ0) is 24.5. The van der Waals surface area contributed by atoms with E-state index in [9.17, 15) is 0 Å². The summed E-state index contributed by atoms with van der Waals surface area (Å²) in [6, 6.07) is 16.9. The van der Waals surface area contributed by atoms with Crippen LogP contribution in [0.25, 0.3) is 16.8 Å². The van der Waals surface area contributed by atoms with Crippen molar-refractivity contribution in [1.82, 2.24) is 19.5 Å².